The average Bonchev–Trinajstić information content (AvgIpc) is 3.34. The van der Waals surface area contributed by atoms with Gasteiger partial charge in [-0.05, 0) is 19.3 Å². The molecule has 9 atom stereocenters. The molecule has 0 aromatic rings. The van der Waals surface area contributed by atoms with Crippen LogP contribution in [-0.4, -0.2) is 78.7 Å². The lowest BCUT2D eigenvalue weighted by molar-refractivity contribution is -0.171. The third-order valence-corrected chi connectivity index (χ3v) is 9.29. The Balaban J connectivity index is 1.43. The maximum absolute atomic E-state index is 13.9. The summed E-state index contributed by atoms with van der Waals surface area (Å²) in [5, 5.41) is 1.86. The van der Waals surface area contributed by atoms with Gasteiger partial charge in [-0.15, -0.1) is 11.6 Å². The lowest BCUT2D eigenvalue weighted by Gasteiger charge is -2.45. The topological polar surface area (TPSA) is 77.1 Å². The van der Waals surface area contributed by atoms with Crippen molar-refractivity contribution in [3.63, 3.8) is 0 Å². The van der Waals surface area contributed by atoms with Crippen LogP contribution in [-0.2, 0) is 23.8 Å². The molecule has 3 aliphatic carbocycles. The van der Waals surface area contributed by atoms with Crippen molar-refractivity contribution in [3.8, 4) is 0 Å². The van der Waals surface area contributed by atoms with Gasteiger partial charge in [-0.2, -0.15) is 0 Å². The van der Waals surface area contributed by atoms with Gasteiger partial charge in [0.2, 0.25) is 0 Å². The van der Waals surface area contributed by atoms with Crippen molar-refractivity contribution in [2.45, 2.75) is 93.2 Å². The largest absolute Gasteiger partial charge is 0.380 e. The Bertz CT molecular complexity index is 731. The standard InChI is InChI=1S/C23H35ClN2O5/c1-12-9-15-14(11-25-26(15)13-7-5-4-6-8-13)21(27)23(12)22(28)18-16(29-2)10-17(30-3)19(24)20(18)31-23/h12-20,25H,4-11H2,1-3H3/t12-,14?,15?,16?,17?,18?,19?,20?,23+/m1/s1. The van der Waals surface area contributed by atoms with E-state index >= 15 is 0 Å². The highest BCUT2D eigenvalue weighted by Gasteiger charge is 2.70. The molecule has 0 radical (unpaired) electrons. The molecule has 0 aromatic carbocycles. The summed E-state index contributed by atoms with van der Waals surface area (Å²) in [7, 11) is 3.22. The van der Waals surface area contributed by atoms with Gasteiger partial charge in [0.1, 0.15) is 0 Å². The Kier molecular flexibility index (Phi) is 5.98. The number of Topliss-reactive ketones (excluding diaryl/α,β-unsaturated/α-hetero) is 2. The average molecular weight is 455 g/mol. The third kappa shape index (κ3) is 3.18. The Morgan fingerprint density at radius 1 is 1.06 bits per heavy atom. The summed E-state index contributed by atoms with van der Waals surface area (Å²) in [6.45, 7) is 2.58. The second-order valence-corrected chi connectivity index (χ2v) is 10.7. The van der Waals surface area contributed by atoms with Gasteiger partial charge < -0.3 is 14.2 Å². The Morgan fingerprint density at radius 2 is 1.77 bits per heavy atom. The van der Waals surface area contributed by atoms with E-state index in [0.717, 1.165) is 6.42 Å². The second kappa shape index (κ2) is 8.33. The number of alkyl halides is 1. The molecule has 2 heterocycles. The molecule has 0 amide bonds. The maximum atomic E-state index is 13.9. The van der Waals surface area contributed by atoms with Gasteiger partial charge in [0.25, 0.3) is 0 Å². The van der Waals surface area contributed by atoms with Crippen LogP contribution in [0.25, 0.3) is 0 Å². The molecule has 2 aliphatic heterocycles. The summed E-state index contributed by atoms with van der Waals surface area (Å²) < 4.78 is 17.7. The molecule has 5 fully saturated rings. The number of fused-ring (bicyclic) bond motifs is 2. The van der Waals surface area contributed by atoms with Crippen LogP contribution in [0.2, 0.25) is 0 Å². The highest BCUT2D eigenvalue weighted by Crippen LogP contribution is 2.52. The van der Waals surface area contributed by atoms with Gasteiger partial charge >= 0.3 is 0 Å². The summed E-state index contributed by atoms with van der Waals surface area (Å²) in [4.78, 5) is 27.8. The fourth-order valence-electron chi connectivity index (χ4n) is 7.11. The molecular formula is C23H35ClN2O5. The molecule has 7 nitrogen and oxygen atoms in total. The van der Waals surface area contributed by atoms with Crippen LogP contribution >= 0.6 is 11.6 Å². The van der Waals surface area contributed by atoms with E-state index in [1.165, 1.54) is 32.1 Å². The molecular weight excluding hydrogens is 420 g/mol. The van der Waals surface area contributed by atoms with Gasteiger partial charge in [0.15, 0.2) is 17.2 Å². The van der Waals surface area contributed by atoms with E-state index in [1.54, 1.807) is 14.2 Å². The van der Waals surface area contributed by atoms with E-state index < -0.39 is 23.0 Å². The minimum absolute atomic E-state index is 0.0610. The second-order valence-electron chi connectivity index (χ2n) is 10.2. The van der Waals surface area contributed by atoms with Crippen molar-refractivity contribution in [1.29, 1.82) is 0 Å². The minimum Gasteiger partial charge on any atom is -0.380 e. The summed E-state index contributed by atoms with van der Waals surface area (Å²) in [6, 6.07) is 0.611. The van der Waals surface area contributed by atoms with Crippen molar-refractivity contribution >= 4 is 23.2 Å². The summed E-state index contributed by atoms with van der Waals surface area (Å²) in [5.74, 6) is -1.14. The van der Waals surface area contributed by atoms with E-state index in [0.29, 0.717) is 19.0 Å². The van der Waals surface area contributed by atoms with E-state index in [2.05, 4.69) is 10.4 Å². The van der Waals surface area contributed by atoms with E-state index in [-0.39, 0.29) is 41.7 Å². The molecule has 31 heavy (non-hydrogen) atoms. The predicted octanol–water partition coefficient (Wildman–Crippen LogP) is 2.10. The van der Waals surface area contributed by atoms with Crippen molar-refractivity contribution in [2.24, 2.45) is 17.8 Å². The predicted molar refractivity (Wildman–Crippen MR) is 115 cm³/mol. The monoisotopic (exact) mass is 454 g/mol. The molecule has 7 unspecified atom stereocenters. The minimum atomic E-state index is -1.41. The zero-order valence-electron chi connectivity index (χ0n) is 18.7. The van der Waals surface area contributed by atoms with Crippen LogP contribution in [0.3, 0.4) is 0 Å². The number of ether oxygens (including phenoxy) is 3. The number of hydrogen-bond acceptors (Lipinski definition) is 7. The van der Waals surface area contributed by atoms with Crippen molar-refractivity contribution in [1.82, 2.24) is 10.4 Å². The lowest BCUT2D eigenvalue weighted by atomic mass is 9.64. The molecule has 1 N–H and O–H groups in total. The molecule has 5 rings (SSSR count). The first-order chi connectivity index (χ1) is 14.9. The number of hydrazine groups is 1. The van der Waals surface area contributed by atoms with E-state index in [4.69, 9.17) is 25.8 Å². The van der Waals surface area contributed by atoms with Crippen LogP contribution in [0.15, 0.2) is 0 Å². The first kappa shape index (κ1) is 22.2. The molecule has 8 heteroatoms. The summed E-state index contributed by atoms with van der Waals surface area (Å²) in [5.41, 5.74) is 2.11. The van der Waals surface area contributed by atoms with Crippen molar-refractivity contribution in [2.75, 3.05) is 20.8 Å². The first-order valence-electron chi connectivity index (χ1n) is 11.9. The van der Waals surface area contributed by atoms with Crippen molar-refractivity contribution in [3.05, 3.63) is 0 Å². The number of carbonyl (C=O) groups is 2. The maximum Gasteiger partial charge on any atom is 0.188 e. The normalized spacial score (nSPS) is 48.9. The van der Waals surface area contributed by atoms with Gasteiger partial charge in [0, 0.05) is 45.2 Å². The zero-order chi connectivity index (χ0) is 21.9. The number of nitrogens with zero attached hydrogens (tertiary/aromatic N) is 1. The highest BCUT2D eigenvalue weighted by atomic mass is 35.5. The third-order valence-electron chi connectivity index (χ3n) is 8.76. The Labute approximate surface area is 189 Å². The lowest BCUT2D eigenvalue weighted by Crippen LogP contribution is -2.62. The summed E-state index contributed by atoms with van der Waals surface area (Å²) >= 11 is 6.72. The van der Waals surface area contributed by atoms with Crippen LogP contribution in [0, 0.1) is 17.8 Å². The quantitative estimate of drug-likeness (QED) is 0.516. The van der Waals surface area contributed by atoms with E-state index in [9.17, 15) is 9.59 Å². The number of ketones is 2. The van der Waals surface area contributed by atoms with Gasteiger partial charge in [-0.25, -0.2) is 5.01 Å². The van der Waals surface area contributed by atoms with Gasteiger partial charge in [-0.1, -0.05) is 26.2 Å². The number of methoxy groups -OCH3 is 2. The highest BCUT2D eigenvalue weighted by molar-refractivity contribution is 6.23. The Hall–Kier alpha value is -0.570. The van der Waals surface area contributed by atoms with E-state index in [1.807, 2.05) is 6.92 Å². The molecule has 174 valence electrons. The number of hydrogen-bond donors (Lipinski definition) is 1. The smallest absolute Gasteiger partial charge is 0.188 e. The molecule has 0 bridgehead atoms. The van der Waals surface area contributed by atoms with Crippen LogP contribution in [0.1, 0.15) is 51.9 Å². The number of halogens is 1. The Morgan fingerprint density at radius 3 is 2.45 bits per heavy atom. The molecule has 1 spiro atoms. The number of carbonyl (C=O) groups excluding carboxylic acids is 2. The SMILES string of the molecule is COC1CC(OC)C2C(=O)[C@@]3(OC2C1Cl)C(=O)C1CNN(C2CCCCC2)C1C[C@H]3C. The fraction of sp³-hybridized carbons (Fsp3) is 0.913. The van der Waals surface area contributed by atoms with Crippen LogP contribution in [0.4, 0.5) is 0 Å². The van der Waals surface area contributed by atoms with Crippen molar-refractivity contribution < 1.29 is 23.8 Å². The molecule has 0 aromatic heterocycles. The summed E-state index contributed by atoms with van der Waals surface area (Å²) in [6.07, 6.45) is 6.24. The van der Waals surface area contributed by atoms with Crippen LogP contribution in [0.5, 0.6) is 0 Å². The molecule has 3 saturated carbocycles. The first-order valence-corrected chi connectivity index (χ1v) is 12.4. The zero-order valence-corrected chi connectivity index (χ0v) is 19.5. The molecule has 5 aliphatic rings. The van der Waals surface area contributed by atoms with Gasteiger partial charge in [0.05, 0.1) is 35.5 Å². The molecule has 2 saturated heterocycles. The fourth-order valence-corrected chi connectivity index (χ4v) is 7.53. The number of nitrogens with one attached hydrogen (secondary N) is 1. The van der Waals surface area contributed by atoms with Gasteiger partial charge in [-0.3, -0.25) is 15.0 Å². The van der Waals surface area contributed by atoms with Crippen LogP contribution < -0.4 is 5.43 Å². The number of rotatable bonds is 3.